The molecule has 18 heavy (non-hydrogen) atoms. The molecule has 0 atom stereocenters. The van der Waals surface area contributed by atoms with Crippen LogP contribution in [0, 0.1) is 34.9 Å². The molecule has 0 aromatic heterocycles. The summed E-state index contributed by atoms with van der Waals surface area (Å²) in [7, 11) is 0. The molecule has 2 aromatic rings. The van der Waals surface area contributed by atoms with Crippen LogP contribution >= 0.6 is 0 Å². The van der Waals surface area contributed by atoms with Crippen LogP contribution in [0.5, 0.6) is 0 Å². The number of rotatable bonds is 0. The SMILES string of the molecule is Nc1c(F)c(F)c(N)c2c(F)c(F)c(F)c(F)c12. The number of hydrogen-bond acceptors (Lipinski definition) is 2. The third-order valence-electron chi connectivity index (χ3n) is 2.47. The quantitative estimate of drug-likeness (QED) is 0.333. The molecule has 4 N–H and O–H groups in total. The van der Waals surface area contributed by atoms with Gasteiger partial charge in [0.15, 0.2) is 34.9 Å². The molecule has 0 aliphatic rings. The van der Waals surface area contributed by atoms with Crippen molar-refractivity contribution in [2.45, 2.75) is 0 Å². The molecule has 2 nitrogen and oxygen atoms in total. The molecule has 0 amide bonds. The molecule has 96 valence electrons. The Morgan fingerprint density at radius 1 is 0.444 bits per heavy atom. The Bertz CT molecular complexity index is 569. The monoisotopic (exact) mass is 266 g/mol. The zero-order valence-electron chi connectivity index (χ0n) is 8.42. The minimum Gasteiger partial charge on any atom is -0.396 e. The minimum absolute atomic E-state index is 1.14. The summed E-state index contributed by atoms with van der Waals surface area (Å²) in [5.41, 5.74) is 7.64. The van der Waals surface area contributed by atoms with Crippen LogP contribution in [0.3, 0.4) is 0 Å². The Hall–Kier alpha value is -2.12. The van der Waals surface area contributed by atoms with Gasteiger partial charge in [0, 0.05) is 0 Å². The maximum absolute atomic E-state index is 13.4. The zero-order valence-corrected chi connectivity index (χ0v) is 8.42. The second kappa shape index (κ2) is 3.69. The molecule has 2 aromatic carbocycles. The van der Waals surface area contributed by atoms with Crippen LogP contribution in [0.1, 0.15) is 0 Å². The van der Waals surface area contributed by atoms with Gasteiger partial charge in [-0.2, -0.15) is 0 Å². The first-order valence-corrected chi connectivity index (χ1v) is 4.46. The third-order valence-corrected chi connectivity index (χ3v) is 2.47. The number of nitrogen functional groups attached to an aromatic ring is 2. The molecule has 0 saturated heterocycles. The molecule has 8 heteroatoms. The highest BCUT2D eigenvalue weighted by Gasteiger charge is 2.27. The number of hydrogen-bond donors (Lipinski definition) is 2. The first-order chi connectivity index (χ1) is 8.29. The van der Waals surface area contributed by atoms with E-state index >= 15 is 0 Å². The van der Waals surface area contributed by atoms with Gasteiger partial charge in [-0.1, -0.05) is 0 Å². The van der Waals surface area contributed by atoms with Crippen molar-refractivity contribution in [3.63, 3.8) is 0 Å². The van der Waals surface area contributed by atoms with E-state index in [4.69, 9.17) is 11.5 Å². The smallest absolute Gasteiger partial charge is 0.198 e. The van der Waals surface area contributed by atoms with E-state index in [9.17, 15) is 26.3 Å². The van der Waals surface area contributed by atoms with Crippen molar-refractivity contribution in [1.82, 2.24) is 0 Å². The topological polar surface area (TPSA) is 52.0 Å². The zero-order chi connectivity index (χ0) is 13.8. The maximum Gasteiger partial charge on any atom is 0.198 e. The van der Waals surface area contributed by atoms with Crippen molar-refractivity contribution in [3.8, 4) is 0 Å². The highest BCUT2D eigenvalue weighted by Crippen LogP contribution is 2.37. The number of anilines is 2. The lowest BCUT2D eigenvalue weighted by Crippen LogP contribution is -2.08. The molecule has 0 bridgehead atoms. The third kappa shape index (κ3) is 1.31. The number of nitrogens with two attached hydrogens (primary N) is 2. The average Bonchev–Trinajstić information content (AvgIpc) is 2.35. The number of halogens is 6. The van der Waals surface area contributed by atoms with Gasteiger partial charge < -0.3 is 11.5 Å². The maximum atomic E-state index is 13.4. The summed E-state index contributed by atoms with van der Waals surface area (Å²) in [6.07, 6.45) is 0. The van der Waals surface area contributed by atoms with Crippen molar-refractivity contribution in [1.29, 1.82) is 0 Å². The van der Waals surface area contributed by atoms with E-state index in [-0.39, 0.29) is 0 Å². The molecular formula is C10H4F6N2. The minimum atomic E-state index is -2.18. The molecule has 0 aliphatic carbocycles. The van der Waals surface area contributed by atoms with Crippen LogP contribution in [0.25, 0.3) is 10.8 Å². The van der Waals surface area contributed by atoms with Gasteiger partial charge in [-0.3, -0.25) is 0 Å². The van der Waals surface area contributed by atoms with Crippen LogP contribution in [-0.2, 0) is 0 Å². The summed E-state index contributed by atoms with van der Waals surface area (Å²) >= 11 is 0. The largest absolute Gasteiger partial charge is 0.396 e. The molecule has 0 aliphatic heterocycles. The van der Waals surface area contributed by atoms with Crippen LogP contribution in [-0.4, -0.2) is 0 Å². The van der Waals surface area contributed by atoms with E-state index in [1.165, 1.54) is 0 Å². The van der Waals surface area contributed by atoms with Gasteiger partial charge in [0.25, 0.3) is 0 Å². The Morgan fingerprint density at radius 3 is 1.00 bits per heavy atom. The second-order valence-electron chi connectivity index (χ2n) is 3.46. The van der Waals surface area contributed by atoms with Gasteiger partial charge >= 0.3 is 0 Å². The number of benzene rings is 2. The Balaban J connectivity index is 3.22. The summed E-state index contributed by atoms with van der Waals surface area (Å²) in [5, 5.41) is -2.27. The lowest BCUT2D eigenvalue weighted by Gasteiger charge is -2.11. The fourth-order valence-electron chi connectivity index (χ4n) is 1.59. The first-order valence-electron chi connectivity index (χ1n) is 4.46. The standard InChI is InChI=1S/C10H4F6N2/c11-3-1-2(4(12)6(14)5(3)13)10(18)8(16)7(15)9(1)17/h17-18H2. The molecule has 0 heterocycles. The molecule has 0 saturated carbocycles. The summed E-state index contributed by atoms with van der Waals surface area (Å²) in [6, 6.07) is 0. The first kappa shape index (κ1) is 12.3. The Morgan fingerprint density at radius 2 is 0.722 bits per heavy atom. The van der Waals surface area contributed by atoms with Crippen molar-refractivity contribution >= 4 is 22.1 Å². The van der Waals surface area contributed by atoms with Crippen molar-refractivity contribution in [2.24, 2.45) is 0 Å². The van der Waals surface area contributed by atoms with Gasteiger partial charge in [0.05, 0.1) is 22.1 Å². The summed E-state index contributed by atoms with van der Waals surface area (Å²) < 4.78 is 79.1. The van der Waals surface area contributed by atoms with Crippen LogP contribution < -0.4 is 11.5 Å². The fraction of sp³-hybridized carbons (Fsp3) is 0. The lowest BCUT2D eigenvalue weighted by molar-refractivity contribution is 0.417. The average molecular weight is 266 g/mol. The van der Waals surface area contributed by atoms with E-state index < -0.39 is 57.1 Å². The van der Waals surface area contributed by atoms with E-state index in [0.29, 0.717) is 0 Å². The van der Waals surface area contributed by atoms with Crippen LogP contribution in [0.4, 0.5) is 37.7 Å². The van der Waals surface area contributed by atoms with Gasteiger partial charge in [-0.25, -0.2) is 26.3 Å². The van der Waals surface area contributed by atoms with E-state index in [1.54, 1.807) is 0 Å². The van der Waals surface area contributed by atoms with E-state index in [0.717, 1.165) is 0 Å². The highest BCUT2D eigenvalue weighted by atomic mass is 19.2. The Labute approximate surface area is 95.8 Å². The van der Waals surface area contributed by atoms with Gasteiger partial charge in [0.2, 0.25) is 0 Å². The number of fused-ring (bicyclic) bond motifs is 1. The molecule has 0 unspecified atom stereocenters. The van der Waals surface area contributed by atoms with E-state index in [2.05, 4.69) is 0 Å². The lowest BCUT2D eigenvalue weighted by atomic mass is 10.0. The van der Waals surface area contributed by atoms with Crippen molar-refractivity contribution in [3.05, 3.63) is 34.9 Å². The molecule has 2 rings (SSSR count). The van der Waals surface area contributed by atoms with Gasteiger partial charge in [0.1, 0.15) is 0 Å². The van der Waals surface area contributed by atoms with Crippen molar-refractivity contribution < 1.29 is 26.3 Å². The summed E-state index contributed by atoms with van der Waals surface area (Å²) in [6.45, 7) is 0. The summed E-state index contributed by atoms with van der Waals surface area (Å²) in [5.74, 6) is -11.8. The fourth-order valence-corrected chi connectivity index (χ4v) is 1.59. The Kier molecular flexibility index (Phi) is 2.53. The second-order valence-corrected chi connectivity index (χ2v) is 3.46. The molecule has 0 radical (unpaired) electrons. The molecular weight excluding hydrogens is 262 g/mol. The van der Waals surface area contributed by atoms with Crippen LogP contribution in [0.15, 0.2) is 0 Å². The molecule has 0 fully saturated rings. The highest BCUT2D eigenvalue weighted by molar-refractivity contribution is 6.01. The predicted octanol–water partition coefficient (Wildman–Crippen LogP) is 2.84. The normalized spacial score (nSPS) is 11.2. The van der Waals surface area contributed by atoms with Gasteiger partial charge in [-0.05, 0) is 0 Å². The van der Waals surface area contributed by atoms with Crippen molar-refractivity contribution in [2.75, 3.05) is 11.5 Å². The molecule has 0 spiro atoms. The summed E-state index contributed by atoms with van der Waals surface area (Å²) in [4.78, 5) is 0. The van der Waals surface area contributed by atoms with Crippen LogP contribution in [0.2, 0.25) is 0 Å². The van der Waals surface area contributed by atoms with Gasteiger partial charge in [-0.15, -0.1) is 0 Å². The predicted molar refractivity (Wildman–Crippen MR) is 52.5 cm³/mol. The van der Waals surface area contributed by atoms with E-state index in [1.807, 2.05) is 0 Å².